The first-order valence-corrected chi connectivity index (χ1v) is 13.7. The molecule has 5 rings (SSSR count). The molecule has 0 bridgehead atoms. The van der Waals surface area contributed by atoms with Gasteiger partial charge >= 0.3 is 0 Å². The molecule has 0 aromatic heterocycles. The van der Waals surface area contributed by atoms with Gasteiger partial charge in [-0.1, -0.05) is 0 Å². The number of fused-ring (bicyclic) bond motifs is 1. The van der Waals surface area contributed by atoms with Crippen LogP contribution in [-0.4, -0.2) is 51.2 Å². The van der Waals surface area contributed by atoms with Crippen molar-refractivity contribution in [2.24, 2.45) is 41.4 Å². The topological polar surface area (TPSA) is 65.2 Å². The molecule has 0 aromatic carbocycles. The Kier molecular flexibility index (Phi) is 7.52. The number of piperidine rings is 2. The van der Waals surface area contributed by atoms with E-state index in [-0.39, 0.29) is 5.92 Å². The molecule has 5 heteroatoms. The molecule has 2 heterocycles. The van der Waals surface area contributed by atoms with E-state index >= 15 is 0 Å². The summed E-state index contributed by atoms with van der Waals surface area (Å²) < 4.78 is 0. The predicted molar refractivity (Wildman–Crippen MR) is 126 cm³/mol. The second-order valence-electron chi connectivity index (χ2n) is 11.6. The van der Waals surface area contributed by atoms with Crippen molar-refractivity contribution in [2.75, 3.05) is 39.3 Å². The molecule has 3 saturated carbocycles. The number of amides is 1. The maximum absolute atomic E-state index is 12.6. The Bertz CT molecular complexity index is 584. The summed E-state index contributed by atoms with van der Waals surface area (Å²) in [6.07, 6.45) is 14.3. The van der Waals surface area contributed by atoms with Gasteiger partial charge in [0, 0.05) is 18.5 Å². The van der Waals surface area contributed by atoms with E-state index in [1.54, 1.807) is 0 Å². The minimum absolute atomic E-state index is 0.286. The van der Waals surface area contributed by atoms with E-state index in [0.29, 0.717) is 11.8 Å². The highest BCUT2D eigenvalue weighted by molar-refractivity contribution is 5.78. The fraction of sp³-hybridized carbons (Fsp3) is 0.962. The summed E-state index contributed by atoms with van der Waals surface area (Å²) in [6, 6.07) is 0.778. The quantitative estimate of drug-likeness (QED) is 0.501. The monoisotopic (exact) mass is 430 g/mol. The number of hydrogen-bond donors (Lipinski definition) is 4. The van der Waals surface area contributed by atoms with E-state index in [1.807, 2.05) is 0 Å². The minimum atomic E-state index is 0.286. The molecule has 5 atom stereocenters. The second-order valence-corrected chi connectivity index (χ2v) is 11.6. The van der Waals surface area contributed by atoms with E-state index < -0.39 is 0 Å². The van der Waals surface area contributed by atoms with Gasteiger partial charge in [-0.3, -0.25) is 4.79 Å². The van der Waals surface area contributed by atoms with Crippen LogP contribution in [0.1, 0.15) is 70.6 Å². The van der Waals surface area contributed by atoms with E-state index in [1.165, 1.54) is 77.4 Å². The standard InChI is InChI=1S/C26H46N4O/c31-26(30-15-18-7-10-27-11-8-18)20-3-1-19(2-4-20)25-14-23(25)17-29-24-6-5-22-16-28-12-9-21(22)13-24/h18-25,27-29H,1-17H2,(H,30,31). The summed E-state index contributed by atoms with van der Waals surface area (Å²) in [7, 11) is 0. The Balaban J connectivity index is 0.962. The number of carbonyl (C=O) groups is 1. The van der Waals surface area contributed by atoms with Gasteiger partial charge in [-0.15, -0.1) is 0 Å². The smallest absolute Gasteiger partial charge is 0.223 e. The molecular weight excluding hydrogens is 384 g/mol. The van der Waals surface area contributed by atoms with Crippen LogP contribution in [0, 0.1) is 41.4 Å². The fourth-order valence-electron chi connectivity index (χ4n) is 7.40. The molecule has 4 N–H and O–H groups in total. The summed E-state index contributed by atoms with van der Waals surface area (Å²) in [5.41, 5.74) is 0. The maximum Gasteiger partial charge on any atom is 0.223 e. The van der Waals surface area contributed by atoms with E-state index in [4.69, 9.17) is 0 Å². The molecule has 3 aliphatic carbocycles. The maximum atomic E-state index is 12.6. The summed E-state index contributed by atoms with van der Waals surface area (Å²) >= 11 is 0. The zero-order chi connectivity index (χ0) is 21.0. The first-order valence-electron chi connectivity index (χ1n) is 13.7. The average molecular weight is 431 g/mol. The lowest BCUT2D eigenvalue weighted by atomic mass is 9.73. The van der Waals surface area contributed by atoms with Gasteiger partial charge in [-0.25, -0.2) is 0 Å². The van der Waals surface area contributed by atoms with Gasteiger partial charge in [-0.05, 0) is 139 Å². The lowest BCUT2D eigenvalue weighted by Crippen LogP contribution is -2.45. The first kappa shape index (κ1) is 22.2. The lowest BCUT2D eigenvalue weighted by molar-refractivity contribution is -0.126. The number of hydrogen-bond acceptors (Lipinski definition) is 4. The van der Waals surface area contributed by atoms with Crippen LogP contribution in [0.4, 0.5) is 0 Å². The van der Waals surface area contributed by atoms with Gasteiger partial charge in [0.1, 0.15) is 0 Å². The molecule has 176 valence electrons. The fourth-order valence-corrected chi connectivity index (χ4v) is 7.40. The van der Waals surface area contributed by atoms with Crippen LogP contribution in [0.3, 0.4) is 0 Å². The molecule has 1 amide bonds. The Morgan fingerprint density at radius 3 is 2.35 bits per heavy atom. The van der Waals surface area contributed by atoms with Crippen molar-refractivity contribution in [3.63, 3.8) is 0 Å². The first-order chi connectivity index (χ1) is 15.3. The van der Waals surface area contributed by atoms with Crippen molar-refractivity contribution >= 4 is 5.91 Å². The summed E-state index contributed by atoms with van der Waals surface area (Å²) in [5.74, 6) is 5.99. The summed E-state index contributed by atoms with van der Waals surface area (Å²) in [6.45, 7) is 6.88. The van der Waals surface area contributed by atoms with Crippen LogP contribution in [0.2, 0.25) is 0 Å². The van der Waals surface area contributed by atoms with Gasteiger partial charge in [0.2, 0.25) is 5.91 Å². The average Bonchev–Trinajstić information content (AvgIpc) is 3.61. The highest BCUT2D eigenvalue weighted by Gasteiger charge is 2.44. The van der Waals surface area contributed by atoms with Crippen molar-refractivity contribution in [2.45, 2.75) is 76.7 Å². The van der Waals surface area contributed by atoms with E-state index in [0.717, 1.165) is 68.1 Å². The van der Waals surface area contributed by atoms with Gasteiger partial charge in [-0.2, -0.15) is 0 Å². The molecule has 0 radical (unpaired) electrons. The highest BCUT2D eigenvalue weighted by Crippen LogP contribution is 2.50. The number of carbonyl (C=O) groups excluding carboxylic acids is 1. The van der Waals surface area contributed by atoms with Crippen molar-refractivity contribution in [3.05, 3.63) is 0 Å². The lowest BCUT2D eigenvalue weighted by Gasteiger charge is -2.40. The summed E-state index contributed by atoms with van der Waals surface area (Å²) in [4.78, 5) is 12.6. The zero-order valence-electron chi connectivity index (χ0n) is 19.5. The molecular formula is C26H46N4O. The van der Waals surface area contributed by atoms with E-state index in [9.17, 15) is 4.79 Å². The zero-order valence-corrected chi connectivity index (χ0v) is 19.5. The van der Waals surface area contributed by atoms with Crippen molar-refractivity contribution in [3.8, 4) is 0 Å². The third kappa shape index (κ3) is 5.83. The van der Waals surface area contributed by atoms with E-state index in [2.05, 4.69) is 21.3 Å². The Morgan fingerprint density at radius 2 is 1.52 bits per heavy atom. The highest BCUT2D eigenvalue weighted by atomic mass is 16.1. The predicted octanol–water partition coefficient (Wildman–Crippen LogP) is 2.91. The van der Waals surface area contributed by atoms with Crippen LogP contribution in [0.15, 0.2) is 0 Å². The Morgan fingerprint density at radius 1 is 0.742 bits per heavy atom. The molecule has 2 aliphatic heterocycles. The largest absolute Gasteiger partial charge is 0.356 e. The number of rotatable bonds is 7. The van der Waals surface area contributed by atoms with Crippen molar-refractivity contribution < 1.29 is 4.79 Å². The molecule has 5 fully saturated rings. The molecule has 5 nitrogen and oxygen atoms in total. The molecule has 0 spiro atoms. The van der Waals surface area contributed by atoms with Crippen molar-refractivity contribution in [1.29, 1.82) is 0 Å². The molecule has 5 unspecified atom stereocenters. The molecule has 0 aromatic rings. The SMILES string of the molecule is O=C(NCC1CCNCC1)C1CCC(C2CC2CNC2CCC3CNCCC3C2)CC1. The van der Waals surface area contributed by atoms with Gasteiger partial charge < -0.3 is 21.3 Å². The van der Waals surface area contributed by atoms with Crippen LogP contribution < -0.4 is 21.3 Å². The Labute approximate surface area is 189 Å². The second kappa shape index (κ2) is 10.5. The Hall–Kier alpha value is -0.650. The van der Waals surface area contributed by atoms with Crippen molar-refractivity contribution in [1.82, 2.24) is 21.3 Å². The third-order valence-electron chi connectivity index (χ3n) is 9.66. The molecule has 5 aliphatic rings. The van der Waals surface area contributed by atoms with Crippen LogP contribution in [-0.2, 0) is 4.79 Å². The van der Waals surface area contributed by atoms with Crippen LogP contribution in [0.25, 0.3) is 0 Å². The number of nitrogens with one attached hydrogen (secondary N) is 4. The van der Waals surface area contributed by atoms with Gasteiger partial charge in [0.15, 0.2) is 0 Å². The normalized spacial score (nSPS) is 41.4. The van der Waals surface area contributed by atoms with Crippen LogP contribution >= 0.6 is 0 Å². The summed E-state index contributed by atoms with van der Waals surface area (Å²) in [5, 5.41) is 14.3. The van der Waals surface area contributed by atoms with Gasteiger partial charge in [0.25, 0.3) is 0 Å². The molecule has 31 heavy (non-hydrogen) atoms. The molecule has 2 saturated heterocycles. The van der Waals surface area contributed by atoms with Crippen LogP contribution in [0.5, 0.6) is 0 Å². The van der Waals surface area contributed by atoms with Gasteiger partial charge in [0.05, 0.1) is 0 Å². The third-order valence-corrected chi connectivity index (χ3v) is 9.66. The minimum Gasteiger partial charge on any atom is -0.356 e.